The molecule has 0 radical (unpaired) electrons. The van der Waals surface area contributed by atoms with Crippen molar-refractivity contribution in [2.75, 3.05) is 11.9 Å². The van der Waals surface area contributed by atoms with Crippen LogP contribution in [0.5, 0.6) is 0 Å². The average molecular weight is 363 g/mol. The quantitative estimate of drug-likeness (QED) is 0.836. The van der Waals surface area contributed by atoms with Crippen LogP contribution in [0.1, 0.15) is 66.0 Å². The first-order valence-corrected chi connectivity index (χ1v) is 8.90. The number of amides is 2. The molecule has 2 amide bonds. The lowest BCUT2D eigenvalue weighted by Gasteiger charge is -2.28. The van der Waals surface area contributed by atoms with Crippen molar-refractivity contribution in [3.63, 3.8) is 0 Å². The van der Waals surface area contributed by atoms with Crippen LogP contribution < -0.4 is 5.32 Å². The van der Waals surface area contributed by atoms with E-state index in [-0.39, 0.29) is 12.1 Å². The Bertz CT molecular complexity index is 644. The molecule has 1 atom stereocenters. The van der Waals surface area contributed by atoms with E-state index in [1.54, 1.807) is 37.9 Å². The lowest BCUT2D eigenvalue weighted by molar-refractivity contribution is 0.0224. The Morgan fingerprint density at radius 2 is 1.77 bits per heavy atom. The van der Waals surface area contributed by atoms with Crippen LogP contribution in [0, 0.1) is 0 Å². The summed E-state index contributed by atoms with van der Waals surface area (Å²) in [7, 11) is 0. The molecule has 1 saturated heterocycles. The largest absolute Gasteiger partial charge is 0.444 e. The topological polar surface area (TPSA) is 80.8 Å². The minimum absolute atomic E-state index is 0.0621. The van der Waals surface area contributed by atoms with Gasteiger partial charge in [-0.25, -0.2) is 14.6 Å². The van der Waals surface area contributed by atoms with Gasteiger partial charge in [0.25, 0.3) is 0 Å². The van der Waals surface area contributed by atoms with Crippen LogP contribution in [0.4, 0.5) is 15.4 Å². The monoisotopic (exact) mass is 363 g/mol. The van der Waals surface area contributed by atoms with Crippen LogP contribution in [0.2, 0.25) is 0 Å². The fourth-order valence-corrected chi connectivity index (χ4v) is 2.74. The second-order valence-electron chi connectivity index (χ2n) is 8.44. The van der Waals surface area contributed by atoms with E-state index < -0.39 is 17.3 Å². The minimum atomic E-state index is -0.568. The number of carbonyl (C=O) groups excluding carboxylic acids is 2. The molecule has 1 unspecified atom stereocenters. The van der Waals surface area contributed by atoms with Crippen LogP contribution in [0.3, 0.4) is 0 Å². The lowest BCUT2D eigenvalue weighted by Crippen LogP contribution is -2.36. The molecule has 7 heteroatoms. The van der Waals surface area contributed by atoms with Crippen LogP contribution >= 0.6 is 0 Å². The zero-order chi connectivity index (χ0) is 19.5. The number of hydrogen-bond acceptors (Lipinski definition) is 5. The third-order valence-electron chi connectivity index (χ3n) is 3.68. The highest BCUT2D eigenvalue weighted by atomic mass is 16.6. The molecule has 0 spiro atoms. The lowest BCUT2D eigenvalue weighted by atomic mass is 10.1. The summed E-state index contributed by atoms with van der Waals surface area (Å²) in [5, 5.41) is 2.60. The molecule has 144 valence electrons. The van der Waals surface area contributed by atoms with Gasteiger partial charge in [0.05, 0.1) is 6.04 Å². The first-order valence-electron chi connectivity index (χ1n) is 8.90. The Kier molecular flexibility index (Phi) is 5.78. The van der Waals surface area contributed by atoms with Crippen molar-refractivity contribution in [2.45, 2.75) is 71.6 Å². The van der Waals surface area contributed by atoms with Crippen molar-refractivity contribution >= 4 is 18.0 Å². The van der Waals surface area contributed by atoms with Gasteiger partial charge in [0.2, 0.25) is 0 Å². The molecule has 1 aromatic heterocycles. The summed E-state index contributed by atoms with van der Waals surface area (Å²) in [5.74, 6) is 0.407. The highest BCUT2D eigenvalue weighted by molar-refractivity contribution is 5.83. The van der Waals surface area contributed by atoms with Crippen LogP contribution in [-0.4, -0.2) is 39.8 Å². The molecule has 26 heavy (non-hydrogen) atoms. The number of nitrogens with one attached hydrogen (secondary N) is 1. The third kappa shape index (κ3) is 5.89. The highest BCUT2D eigenvalue weighted by Crippen LogP contribution is 2.33. The Morgan fingerprint density at radius 3 is 2.31 bits per heavy atom. The molecule has 2 rings (SSSR count). The predicted octanol–water partition coefficient (Wildman–Crippen LogP) is 4.50. The molecule has 7 nitrogen and oxygen atoms in total. The van der Waals surface area contributed by atoms with Gasteiger partial charge in [0, 0.05) is 12.7 Å². The number of ether oxygens (including phenoxy) is 2. The van der Waals surface area contributed by atoms with Gasteiger partial charge in [-0.1, -0.05) is 6.07 Å². The van der Waals surface area contributed by atoms with Gasteiger partial charge < -0.3 is 14.4 Å². The van der Waals surface area contributed by atoms with Gasteiger partial charge in [-0.15, -0.1) is 0 Å². The van der Waals surface area contributed by atoms with E-state index in [0.717, 1.165) is 18.4 Å². The van der Waals surface area contributed by atoms with Crippen molar-refractivity contribution < 1.29 is 19.1 Å². The fraction of sp³-hybridized carbons (Fsp3) is 0.632. The van der Waals surface area contributed by atoms with Crippen LogP contribution in [0.15, 0.2) is 18.3 Å². The second-order valence-corrected chi connectivity index (χ2v) is 8.44. The Hall–Kier alpha value is -2.31. The van der Waals surface area contributed by atoms with Gasteiger partial charge in [-0.3, -0.25) is 5.32 Å². The maximum atomic E-state index is 12.4. The molecule has 1 aliphatic rings. The minimum Gasteiger partial charge on any atom is -0.444 e. The van der Waals surface area contributed by atoms with Gasteiger partial charge in [-0.2, -0.15) is 0 Å². The number of pyridine rings is 1. The summed E-state index contributed by atoms with van der Waals surface area (Å²) >= 11 is 0. The van der Waals surface area contributed by atoms with E-state index in [9.17, 15) is 9.59 Å². The maximum Gasteiger partial charge on any atom is 0.413 e. The fourth-order valence-electron chi connectivity index (χ4n) is 2.74. The number of rotatable bonds is 2. The first-order chi connectivity index (χ1) is 11.9. The van der Waals surface area contributed by atoms with Crippen molar-refractivity contribution in [3.8, 4) is 0 Å². The molecule has 1 aromatic rings. The smallest absolute Gasteiger partial charge is 0.413 e. The molecule has 1 fully saturated rings. The van der Waals surface area contributed by atoms with Crippen molar-refractivity contribution in [1.82, 2.24) is 9.88 Å². The van der Waals surface area contributed by atoms with Gasteiger partial charge in [0.1, 0.15) is 17.0 Å². The van der Waals surface area contributed by atoms with E-state index in [1.807, 2.05) is 26.8 Å². The zero-order valence-corrected chi connectivity index (χ0v) is 16.5. The van der Waals surface area contributed by atoms with Gasteiger partial charge >= 0.3 is 12.2 Å². The number of aromatic nitrogens is 1. The van der Waals surface area contributed by atoms with Crippen molar-refractivity contribution in [2.24, 2.45) is 0 Å². The average Bonchev–Trinajstić information content (AvgIpc) is 2.93. The predicted molar refractivity (Wildman–Crippen MR) is 99.0 cm³/mol. The molecule has 2 heterocycles. The van der Waals surface area contributed by atoms with Gasteiger partial charge in [0.15, 0.2) is 0 Å². The van der Waals surface area contributed by atoms with E-state index in [2.05, 4.69) is 10.3 Å². The number of likely N-dealkylation sites (tertiary alicyclic amines) is 1. The number of carbonyl (C=O) groups is 2. The highest BCUT2D eigenvalue weighted by Gasteiger charge is 2.33. The Labute approximate surface area is 155 Å². The summed E-state index contributed by atoms with van der Waals surface area (Å²) in [6, 6.07) is 3.52. The molecule has 0 saturated carbocycles. The molecular weight excluding hydrogens is 334 g/mol. The van der Waals surface area contributed by atoms with Gasteiger partial charge in [-0.05, 0) is 66.0 Å². The molecule has 0 aromatic carbocycles. The van der Waals surface area contributed by atoms with E-state index in [0.29, 0.717) is 12.4 Å². The normalized spacial score (nSPS) is 17.8. The Morgan fingerprint density at radius 1 is 1.12 bits per heavy atom. The molecule has 0 bridgehead atoms. The van der Waals surface area contributed by atoms with Crippen LogP contribution in [0.25, 0.3) is 0 Å². The molecule has 1 aliphatic heterocycles. The summed E-state index contributed by atoms with van der Waals surface area (Å²) in [5.41, 5.74) is -0.172. The number of anilines is 1. The number of hydrogen-bond donors (Lipinski definition) is 1. The summed E-state index contributed by atoms with van der Waals surface area (Å²) in [6.07, 6.45) is 2.60. The van der Waals surface area contributed by atoms with Crippen LogP contribution in [-0.2, 0) is 9.47 Å². The molecule has 0 aliphatic carbocycles. The molecular formula is C19H29N3O4. The summed E-state index contributed by atoms with van der Waals surface area (Å²) < 4.78 is 10.7. The van der Waals surface area contributed by atoms with E-state index in [1.165, 1.54) is 0 Å². The van der Waals surface area contributed by atoms with E-state index in [4.69, 9.17) is 9.47 Å². The standard InChI is InChI=1S/C19H29N3O4/c1-18(2,3)25-16(23)21-15-10-9-13(12-20-15)14-8-7-11-22(14)17(24)26-19(4,5)6/h9-10,12,14H,7-8,11H2,1-6H3,(H,20,21,23). The summed E-state index contributed by atoms with van der Waals surface area (Å²) in [4.78, 5) is 30.2. The maximum absolute atomic E-state index is 12.4. The zero-order valence-electron chi connectivity index (χ0n) is 16.5. The molecule has 1 N–H and O–H groups in total. The SMILES string of the molecule is CC(C)(C)OC(=O)Nc1ccc(C2CCCN2C(=O)OC(C)(C)C)cn1. The third-order valence-corrected chi connectivity index (χ3v) is 3.68. The second kappa shape index (κ2) is 7.51. The van der Waals surface area contributed by atoms with Crippen molar-refractivity contribution in [3.05, 3.63) is 23.9 Å². The number of nitrogens with zero attached hydrogens (tertiary/aromatic N) is 2. The summed E-state index contributed by atoms with van der Waals surface area (Å²) in [6.45, 7) is 11.6. The first kappa shape index (κ1) is 20.0. The Balaban J connectivity index is 2.03. The van der Waals surface area contributed by atoms with E-state index >= 15 is 0 Å². The van der Waals surface area contributed by atoms with Crippen molar-refractivity contribution in [1.29, 1.82) is 0 Å².